The van der Waals surface area contributed by atoms with E-state index in [0.29, 0.717) is 5.56 Å². The van der Waals surface area contributed by atoms with E-state index in [9.17, 15) is 35.9 Å². The Morgan fingerprint density at radius 2 is 1.37 bits per heavy atom. The molecule has 3 nitrogen and oxygen atoms in total. The van der Waals surface area contributed by atoms with Crippen LogP contribution in [0.1, 0.15) is 46.8 Å². The van der Waals surface area contributed by atoms with Crippen molar-refractivity contribution in [1.29, 1.82) is 0 Å². The molecule has 1 amide bonds. The Labute approximate surface area is 168 Å². The lowest BCUT2D eigenvalue weighted by atomic mass is 9.88. The first-order chi connectivity index (χ1) is 13.8. The van der Waals surface area contributed by atoms with Crippen molar-refractivity contribution in [3.63, 3.8) is 0 Å². The number of benzene rings is 2. The van der Waals surface area contributed by atoms with Crippen molar-refractivity contribution < 1.29 is 35.9 Å². The highest BCUT2D eigenvalue weighted by molar-refractivity contribution is 6.06. The van der Waals surface area contributed by atoms with Crippen LogP contribution < -0.4 is 0 Å². The Balaban J connectivity index is 1.84. The number of Topliss-reactive ketones (excluding diaryl/α,β-unsaturated/α-hetero) is 1. The van der Waals surface area contributed by atoms with Gasteiger partial charge in [-0.2, -0.15) is 26.3 Å². The van der Waals surface area contributed by atoms with Crippen LogP contribution in [0.15, 0.2) is 48.5 Å². The second-order valence-corrected chi connectivity index (χ2v) is 7.35. The molecule has 0 saturated carbocycles. The molecule has 1 fully saturated rings. The monoisotopic (exact) mass is 429 g/mol. The minimum atomic E-state index is -4.54. The third-order valence-corrected chi connectivity index (χ3v) is 5.31. The predicted molar refractivity (Wildman–Crippen MR) is 95.4 cm³/mol. The molecule has 0 N–H and O–H groups in total. The van der Waals surface area contributed by atoms with Gasteiger partial charge >= 0.3 is 12.4 Å². The van der Waals surface area contributed by atoms with Crippen molar-refractivity contribution in [2.75, 3.05) is 0 Å². The summed E-state index contributed by atoms with van der Waals surface area (Å²) in [7, 11) is 0. The summed E-state index contributed by atoms with van der Waals surface area (Å²) in [5.74, 6) is -0.869. The fourth-order valence-corrected chi connectivity index (χ4v) is 3.50. The van der Waals surface area contributed by atoms with Crippen LogP contribution in [-0.4, -0.2) is 22.1 Å². The number of halogens is 6. The van der Waals surface area contributed by atoms with Crippen molar-refractivity contribution in [1.82, 2.24) is 4.90 Å². The highest BCUT2D eigenvalue weighted by atomic mass is 19.4. The first kappa shape index (κ1) is 21.9. The molecule has 2 aromatic carbocycles. The van der Waals surface area contributed by atoms with E-state index in [0.717, 1.165) is 36.4 Å². The van der Waals surface area contributed by atoms with Gasteiger partial charge in [0.05, 0.1) is 11.1 Å². The van der Waals surface area contributed by atoms with Gasteiger partial charge in [0.2, 0.25) is 5.91 Å². The van der Waals surface area contributed by atoms with Gasteiger partial charge in [-0.1, -0.05) is 24.3 Å². The molecular weight excluding hydrogens is 412 g/mol. The van der Waals surface area contributed by atoms with Gasteiger partial charge in [-0.3, -0.25) is 9.59 Å². The Morgan fingerprint density at radius 3 is 1.83 bits per heavy atom. The Kier molecular flexibility index (Phi) is 5.43. The number of hydrogen-bond acceptors (Lipinski definition) is 2. The lowest BCUT2D eigenvalue weighted by Crippen LogP contribution is -2.49. The summed E-state index contributed by atoms with van der Waals surface area (Å²) in [6.07, 6.45) is -8.81. The molecule has 0 radical (unpaired) electrons. The molecule has 3 rings (SSSR count). The maximum absolute atomic E-state index is 13.0. The molecule has 0 aliphatic carbocycles. The third kappa shape index (κ3) is 4.20. The molecule has 1 heterocycles. The van der Waals surface area contributed by atoms with E-state index >= 15 is 0 Å². The van der Waals surface area contributed by atoms with Crippen LogP contribution in [-0.2, 0) is 23.7 Å². The summed E-state index contributed by atoms with van der Waals surface area (Å²) in [5, 5.41) is 0. The number of carbonyl (C=O) groups excluding carboxylic acids is 2. The zero-order chi connectivity index (χ0) is 22.3. The van der Waals surface area contributed by atoms with Crippen molar-refractivity contribution in [2.24, 2.45) is 0 Å². The molecule has 2 aromatic rings. The second-order valence-electron chi connectivity index (χ2n) is 7.35. The fraction of sp³-hybridized carbons (Fsp3) is 0.333. The van der Waals surface area contributed by atoms with Crippen molar-refractivity contribution in [3.8, 4) is 0 Å². The molecule has 0 aromatic heterocycles. The van der Waals surface area contributed by atoms with Crippen molar-refractivity contribution in [2.45, 2.75) is 44.2 Å². The molecule has 9 heteroatoms. The van der Waals surface area contributed by atoms with Gasteiger partial charge in [-0.05, 0) is 43.2 Å². The fourth-order valence-electron chi connectivity index (χ4n) is 3.50. The predicted octanol–water partition coefficient (Wildman–Crippen LogP) is 5.49. The molecular formula is C21H17F6NO2. The first-order valence-corrected chi connectivity index (χ1v) is 9.01. The number of likely N-dealkylation sites (tertiary alicyclic amines) is 1. The van der Waals surface area contributed by atoms with Crippen molar-refractivity contribution >= 4 is 11.7 Å². The molecule has 1 atom stereocenters. The lowest BCUT2D eigenvalue weighted by Gasteiger charge is -2.34. The molecule has 1 saturated heterocycles. The quantitative estimate of drug-likeness (QED) is 0.476. The Bertz CT molecular complexity index is 947. The van der Waals surface area contributed by atoms with Crippen molar-refractivity contribution in [3.05, 3.63) is 70.8 Å². The normalized spacial score (nSPS) is 20.0. The molecule has 1 unspecified atom stereocenters. The standard InChI is InChI=1S/C21H17F6NO2/c1-19(18(30)14-4-8-16(9-5-14)21(25,26)27)11-10-17(29)28(19)12-13-2-6-15(7-3-13)20(22,23)24/h2-9H,10-12H2,1H3. The van der Waals surface area contributed by atoms with Crippen LogP contribution in [0.4, 0.5) is 26.3 Å². The van der Waals surface area contributed by atoms with E-state index in [2.05, 4.69) is 0 Å². The summed E-state index contributed by atoms with van der Waals surface area (Å²) in [4.78, 5) is 26.7. The van der Waals surface area contributed by atoms with E-state index < -0.39 is 34.8 Å². The van der Waals surface area contributed by atoms with Gasteiger partial charge in [0.25, 0.3) is 0 Å². The number of rotatable bonds is 4. The number of nitrogens with zero attached hydrogens (tertiary/aromatic N) is 1. The summed E-state index contributed by atoms with van der Waals surface area (Å²) in [6, 6.07) is 7.98. The maximum Gasteiger partial charge on any atom is 0.416 e. The van der Waals surface area contributed by atoms with Crippen LogP contribution in [0.3, 0.4) is 0 Å². The topological polar surface area (TPSA) is 37.4 Å². The van der Waals surface area contributed by atoms with Gasteiger partial charge < -0.3 is 4.90 Å². The lowest BCUT2D eigenvalue weighted by molar-refractivity contribution is -0.138. The number of alkyl halides is 6. The van der Waals surface area contributed by atoms with Crippen LogP contribution in [0.2, 0.25) is 0 Å². The molecule has 0 spiro atoms. The minimum absolute atomic E-state index is 0.0256. The number of hydrogen-bond donors (Lipinski definition) is 0. The zero-order valence-corrected chi connectivity index (χ0v) is 15.8. The minimum Gasteiger partial charge on any atom is -0.326 e. The number of carbonyl (C=O) groups is 2. The first-order valence-electron chi connectivity index (χ1n) is 9.01. The molecule has 0 bridgehead atoms. The van der Waals surface area contributed by atoms with Gasteiger partial charge in [0.1, 0.15) is 5.54 Å². The van der Waals surface area contributed by atoms with E-state index in [1.807, 2.05) is 0 Å². The summed E-state index contributed by atoms with van der Waals surface area (Å²) < 4.78 is 76.4. The van der Waals surface area contributed by atoms with E-state index in [1.165, 1.54) is 24.0 Å². The highest BCUT2D eigenvalue weighted by Gasteiger charge is 2.47. The molecule has 1 aliphatic heterocycles. The third-order valence-electron chi connectivity index (χ3n) is 5.31. The van der Waals surface area contributed by atoms with E-state index in [4.69, 9.17) is 0 Å². The summed E-state index contributed by atoms with van der Waals surface area (Å²) in [5.41, 5.74) is -2.60. The second kappa shape index (κ2) is 7.45. The zero-order valence-electron chi connectivity index (χ0n) is 15.8. The van der Waals surface area contributed by atoms with Gasteiger partial charge in [-0.15, -0.1) is 0 Å². The van der Waals surface area contributed by atoms with Gasteiger partial charge in [0.15, 0.2) is 5.78 Å². The van der Waals surface area contributed by atoms with Crippen LogP contribution >= 0.6 is 0 Å². The average molecular weight is 429 g/mol. The van der Waals surface area contributed by atoms with E-state index in [1.54, 1.807) is 0 Å². The van der Waals surface area contributed by atoms with Crippen LogP contribution in [0.25, 0.3) is 0 Å². The highest BCUT2D eigenvalue weighted by Crippen LogP contribution is 2.36. The largest absolute Gasteiger partial charge is 0.416 e. The smallest absolute Gasteiger partial charge is 0.326 e. The van der Waals surface area contributed by atoms with Gasteiger partial charge in [0, 0.05) is 18.5 Å². The molecule has 1 aliphatic rings. The Morgan fingerprint density at radius 1 is 0.900 bits per heavy atom. The number of amides is 1. The SMILES string of the molecule is CC1(C(=O)c2ccc(C(F)(F)F)cc2)CCC(=O)N1Cc1ccc(C(F)(F)F)cc1. The molecule has 30 heavy (non-hydrogen) atoms. The number of ketones is 1. The van der Waals surface area contributed by atoms with Crippen LogP contribution in [0, 0.1) is 0 Å². The van der Waals surface area contributed by atoms with E-state index in [-0.39, 0.29) is 30.9 Å². The summed E-state index contributed by atoms with van der Waals surface area (Å²) in [6.45, 7) is 1.43. The molecule has 160 valence electrons. The van der Waals surface area contributed by atoms with Gasteiger partial charge in [-0.25, -0.2) is 0 Å². The summed E-state index contributed by atoms with van der Waals surface area (Å²) >= 11 is 0. The average Bonchev–Trinajstić information content (AvgIpc) is 2.96. The maximum atomic E-state index is 13.0. The Hall–Kier alpha value is -2.84. The van der Waals surface area contributed by atoms with Crippen LogP contribution in [0.5, 0.6) is 0 Å².